The molecule has 3 aliphatic rings. The maximum atomic E-state index is 11.9. The van der Waals surface area contributed by atoms with E-state index < -0.39 is 0 Å². The van der Waals surface area contributed by atoms with Crippen molar-refractivity contribution in [2.24, 2.45) is 23.7 Å². The van der Waals surface area contributed by atoms with Gasteiger partial charge in [-0.05, 0) is 69.4 Å². The summed E-state index contributed by atoms with van der Waals surface area (Å²) in [6, 6.07) is 0. The van der Waals surface area contributed by atoms with Crippen molar-refractivity contribution >= 4 is 5.91 Å². The second kappa shape index (κ2) is 4.97. The minimum atomic E-state index is 0.334. The Morgan fingerprint density at radius 2 is 2.06 bits per heavy atom. The van der Waals surface area contributed by atoms with Crippen LogP contribution in [0.25, 0.3) is 0 Å². The van der Waals surface area contributed by atoms with E-state index in [0.29, 0.717) is 11.8 Å². The molecule has 3 fully saturated rings. The molecule has 0 aromatic heterocycles. The highest BCUT2D eigenvalue weighted by Gasteiger charge is 2.47. The monoisotopic (exact) mass is 236 g/mol. The first kappa shape index (κ1) is 11.5. The molecule has 3 nitrogen and oxygen atoms in total. The first-order valence-electron chi connectivity index (χ1n) is 7.31. The van der Waals surface area contributed by atoms with Crippen LogP contribution in [-0.4, -0.2) is 25.5 Å². The van der Waals surface area contributed by atoms with Crippen molar-refractivity contribution in [1.29, 1.82) is 0 Å². The van der Waals surface area contributed by atoms with Crippen LogP contribution in [-0.2, 0) is 4.79 Å². The number of hydrogen-bond acceptors (Lipinski definition) is 2. The quantitative estimate of drug-likeness (QED) is 0.777. The average molecular weight is 236 g/mol. The van der Waals surface area contributed by atoms with Crippen LogP contribution < -0.4 is 10.6 Å². The molecule has 2 aliphatic carbocycles. The topological polar surface area (TPSA) is 41.1 Å². The van der Waals surface area contributed by atoms with Gasteiger partial charge < -0.3 is 10.6 Å². The predicted molar refractivity (Wildman–Crippen MR) is 67.5 cm³/mol. The van der Waals surface area contributed by atoms with Crippen LogP contribution in [0.5, 0.6) is 0 Å². The highest BCUT2D eigenvalue weighted by molar-refractivity contribution is 5.79. The zero-order chi connectivity index (χ0) is 11.7. The molecule has 0 bridgehead atoms. The van der Waals surface area contributed by atoms with E-state index >= 15 is 0 Å². The third-order valence-electron chi connectivity index (χ3n) is 4.87. The molecule has 0 aromatic rings. The van der Waals surface area contributed by atoms with Crippen LogP contribution in [0.1, 0.15) is 38.5 Å². The van der Waals surface area contributed by atoms with Crippen molar-refractivity contribution in [3.63, 3.8) is 0 Å². The Morgan fingerprint density at radius 1 is 1.24 bits per heavy atom. The van der Waals surface area contributed by atoms with Crippen molar-refractivity contribution in [2.75, 3.05) is 19.6 Å². The van der Waals surface area contributed by atoms with Gasteiger partial charge in [0.15, 0.2) is 0 Å². The highest BCUT2D eigenvalue weighted by atomic mass is 16.1. The summed E-state index contributed by atoms with van der Waals surface area (Å²) in [5, 5.41) is 6.57. The minimum absolute atomic E-state index is 0.334. The Kier molecular flexibility index (Phi) is 3.37. The number of amides is 1. The standard InChI is InChI=1S/C14H24N2O/c17-14(13-7-11-6-12(11)8-13)16-5-3-10-2-1-4-15-9-10/h10-13,15H,1-9H2,(H,16,17). The summed E-state index contributed by atoms with van der Waals surface area (Å²) in [5.41, 5.74) is 0. The Bertz CT molecular complexity index is 276. The lowest BCUT2D eigenvalue weighted by atomic mass is 9.96. The molecule has 3 rings (SSSR count). The third-order valence-corrected chi connectivity index (χ3v) is 4.87. The van der Waals surface area contributed by atoms with Gasteiger partial charge in [-0.25, -0.2) is 0 Å². The van der Waals surface area contributed by atoms with Crippen molar-refractivity contribution in [3.8, 4) is 0 Å². The van der Waals surface area contributed by atoms with Gasteiger partial charge in [-0.1, -0.05) is 0 Å². The summed E-state index contributed by atoms with van der Waals surface area (Å²) in [6.07, 6.45) is 7.51. The Morgan fingerprint density at radius 3 is 2.76 bits per heavy atom. The lowest BCUT2D eigenvalue weighted by Crippen LogP contribution is -2.35. The Hall–Kier alpha value is -0.570. The smallest absolute Gasteiger partial charge is 0.223 e. The molecule has 3 atom stereocenters. The van der Waals surface area contributed by atoms with Crippen molar-refractivity contribution in [3.05, 3.63) is 0 Å². The maximum absolute atomic E-state index is 11.9. The molecule has 0 radical (unpaired) electrons. The van der Waals surface area contributed by atoms with Crippen LogP contribution in [0.3, 0.4) is 0 Å². The number of fused-ring (bicyclic) bond motifs is 1. The van der Waals surface area contributed by atoms with E-state index in [-0.39, 0.29) is 0 Å². The molecule has 1 saturated heterocycles. The SMILES string of the molecule is O=C(NCCC1CCCNC1)C1CC2CC2C1. The van der Waals surface area contributed by atoms with Gasteiger partial charge in [0.1, 0.15) is 0 Å². The summed E-state index contributed by atoms with van der Waals surface area (Å²) < 4.78 is 0. The molecular formula is C14H24N2O. The summed E-state index contributed by atoms with van der Waals surface area (Å²) in [6.45, 7) is 3.20. The first-order valence-corrected chi connectivity index (χ1v) is 7.31. The fourth-order valence-electron chi connectivity index (χ4n) is 3.64. The molecule has 2 saturated carbocycles. The van der Waals surface area contributed by atoms with Crippen LogP contribution in [0, 0.1) is 23.7 Å². The highest BCUT2D eigenvalue weighted by Crippen LogP contribution is 2.54. The molecular weight excluding hydrogens is 212 g/mol. The maximum Gasteiger partial charge on any atom is 0.223 e. The van der Waals surface area contributed by atoms with Crippen LogP contribution in [0.4, 0.5) is 0 Å². The van der Waals surface area contributed by atoms with E-state index in [9.17, 15) is 4.79 Å². The number of carbonyl (C=O) groups is 1. The van der Waals surface area contributed by atoms with Crippen molar-refractivity contribution in [2.45, 2.75) is 38.5 Å². The van der Waals surface area contributed by atoms with Gasteiger partial charge in [-0.15, -0.1) is 0 Å². The van der Waals surface area contributed by atoms with Crippen LogP contribution in [0.2, 0.25) is 0 Å². The van der Waals surface area contributed by atoms with Crippen molar-refractivity contribution in [1.82, 2.24) is 10.6 Å². The van der Waals surface area contributed by atoms with E-state index in [4.69, 9.17) is 0 Å². The number of nitrogens with one attached hydrogen (secondary N) is 2. The largest absolute Gasteiger partial charge is 0.356 e. The Labute approximate surface area is 104 Å². The number of carbonyl (C=O) groups excluding carboxylic acids is 1. The molecule has 96 valence electrons. The summed E-state index contributed by atoms with van der Waals surface area (Å²) in [7, 11) is 0. The van der Waals surface area contributed by atoms with Gasteiger partial charge in [-0.2, -0.15) is 0 Å². The van der Waals surface area contributed by atoms with Crippen LogP contribution >= 0.6 is 0 Å². The normalized spacial score (nSPS) is 39.8. The fourth-order valence-corrected chi connectivity index (χ4v) is 3.64. The minimum Gasteiger partial charge on any atom is -0.356 e. The number of hydrogen-bond donors (Lipinski definition) is 2. The van der Waals surface area contributed by atoms with E-state index in [1.165, 1.54) is 38.6 Å². The van der Waals surface area contributed by atoms with Gasteiger partial charge in [-0.3, -0.25) is 4.79 Å². The van der Waals surface area contributed by atoms with E-state index in [0.717, 1.165) is 37.3 Å². The molecule has 1 heterocycles. The number of rotatable bonds is 4. The fraction of sp³-hybridized carbons (Fsp3) is 0.929. The zero-order valence-electron chi connectivity index (χ0n) is 10.6. The van der Waals surface area contributed by atoms with E-state index in [2.05, 4.69) is 10.6 Å². The molecule has 0 spiro atoms. The predicted octanol–water partition coefficient (Wildman–Crippen LogP) is 1.54. The molecule has 1 aliphatic heterocycles. The molecule has 17 heavy (non-hydrogen) atoms. The molecule has 1 amide bonds. The summed E-state index contributed by atoms with van der Waals surface area (Å²) >= 11 is 0. The first-order chi connectivity index (χ1) is 8.33. The van der Waals surface area contributed by atoms with E-state index in [1.807, 2.05) is 0 Å². The number of piperidine rings is 1. The van der Waals surface area contributed by atoms with Gasteiger partial charge in [0.2, 0.25) is 5.91 Å². The van der Waals surface area contributed by atoms with Crippen molar-refractivity contribution < 1.29 is 4.79 Å². The van der Waals surface area contributed by atoms with Gasteiger partial charge in [0, 0.05) is 12.5 Å². The average Bonchev–Trinajstić information content (AvgIpc) is 2.97. The molecule has 0 aromatic carbocycles. The molecule has 3 unspecified atom stereocenters. The lowest BCUT2D eigenvalue weighted by molar-refractivity contribution is -0.125. The summed E-state index contributed by atoms with van der Waals surface area (Å²) in [5.74, 6) is 3.28. The Balaban J connectivity index is 1.32. The van der Waals surface area contributed by atoms with Gasteiger partial charge >= 0.3 is 0 Å². The van der Waals surface area contributed by atoms with E-state index in [1.54, 1.807) is 0 Å². The second-order valence-corrected chi connectivity index (χ2v) is 6.22. The second-order valence-electron chi connectivity index (χ2n) is 6.22. The zero-order valence-corrected chi connectivity index (χ0v) is 10.6. The molecule has 3 heteroatoms. The van der Waals surface area contributed by atoms with Gasteiger partial charge in [0.25, 0.3) is 0 Å². The third kappa shape index (κ3) is 2.82. The van der Waals surface area contributed by atoms with Gasteiger partial charge in [0.05, 0.1) is 0 Å². The summed E-state index contributed by atoms with van der Waals surface area (Å²) in [4.78, 5) is 11.9. The van der Waals surface area contributed by atoms with Crippen LogP contribution in [0.15, 0.2) is 0 Å². The lowest BCUT2D eigenvalue weighted by Gasteiger charge is -2.23. The molecule has 2 N–H and O–H groups in total.